The summed E-state index contributed by atoms with van der Waals surface area (Å²) < 4.78 is 4.97. The zero-order valence-electron chi connectivity index (χ0n) is 14.0. The molecule has 0 saturated carbocycles. The molecule has 7 nitrogen and oxygen atoms in total. The molecule has 0 aliphatic rings. The summed E-state index contributed by atoms with van der Waals surface area (Å²) in [4.78, 5) is 34.8. The maximum absolute atomic E-state index is 12.0. The predicted molar refractivity (Wildman–Crippen MR) is 95.0 cm³/mol. The Morgan fingerprint density at radius 1 is 1.21 bits per heavy atom. The summed E-state index contributed by atoms with van der Waals surface area (Å²) in [5.41, 5.74) is 7.72. The van der Waals surface area contributed by atoms with Crippen LogP contribution in [0, 0.1) is 13.8 Å². The molecule has 24 heavy (non-hydrogen) atoms. The highest BCUT2D eigenvalue weighted by molar-refractivity contribution is 7.98. The zero-order chi connectivity index (χ0) is 18.1. The molecule has 0 aliphatic carbocycles. The van der Waals surface area contributed by atoms with Crippen LogP contribution in [0.4, 0.5) is 10.5 Å². The van der Waals surface area contributed by atoms with E-state index in [-0.39, 0.29) is 0 Å². The van der Waals surface area contributed by atoms with Gasteiger partial charge in [0.05, 0.1) is 0 Å². The van der Waals surface area contributed by atoms with Gasteiger partial charge in [0.1, 0.15) is 6.04 Å². The topological polar surface area (TPSA) is 111 Å². The van der Waals surface area contributed by atoms with Crippen LogP contribution < -0.4 is 16.4 Å². The second-order valence-electron chi connectivity index (χ2n) is 5.37. The van der Waals surface area contributed by atoms with Crippen LogP contribution in [0.15, 0.2) is 18.2 Å². The van der Waals surface area contributed by atoms with Crippen molar-refractivity contribution in [3.05, 3.63) is 29.3 Å². The number of urea groups is 1. The fourth-order valence-corrected chi connectivity index (χ4v) is 2.61. The Balaban J connectivity index is 2.54. The fourth-order valence-electron chi connectivity index (χ4n) is 2.14. The summed E-state index contributed by atoms with van der Waals surface area (Å²) in [5.74, 6) is -0.482. The van der Waals surface area contributed by atoms with Crippen molar-refractivity contribution in [1.29, 1.82) is 0 Å². The average molecular weight is 353 g/mol. The van der Waals surface area contributed by atoms with Gasteiger partial charge in [-0.3, -0.25) is 4.79 Å². The van der Waals surface area contributed by atoms with Crippen LogP contribution >= 0.6 is 11.8 Å². The Morgan fingerprint density at radius 2 is 1.83 bits per heavy atom. The Morgan fingerprint density at radius 3 is 2.38 bits per heavy atom. The first-order chi connectivity index (χ1) is 11.3. The molecule has 0 aromatic heterocycles. The number of rotatable bonds is 8. The zero-order valence-corrected chi connectivity index (χ0v) is 14.9. The van der Waals surface area contributed by atoms with E-state index < -0.39 is 30.6 Å². The fraction of sp³-hybridized carbons (Fsp3) is 0.438. The van der Waals surface area contributed by atoms with Gasteiger partial charge in [-0.25, -0.2) is 9.59 Å². The number of amides is 3. The Labute approximate surface area is 145 Å². The minimum atomic E-state index is -0.857. The van der Waals surface area contributed by atoms with E-state index in [1.165, 1.54) is 11.8 Å². The van der Waals surface area contributed by atoms with Gasteiger partial charge in [0.15, 0.2) is 6.61 Å². The number of nitrogens with two attached hydrogens (primary N) is 1. The number of aryl methyl sites for hydroxylation is 2. The van der Waals surface area contributed by atoms with Crippen LogP contribution in [0.3, 0.4) is 0 Å². The molecule has 1 rings (SSSR count). The van der Waals surface area contributed by atoms with E-state index in [0.717, 1.165) is 11.1 Å². The van der Waals surface area contributed by atoms with E-state index in [1.807, 2.05) is 38.3 Å². The predicted octanol–water partition coefficient (Wildman–Crippen LogP) is 1.58. The molecule has 0 aliphatic heterocycles. The van der Waals surface area contributed by atoms with Crippen LogP contribution in [0.2, 0.25) is 0 Å². The number of nitrogens with one attached hydrogen (secondary N) is 2. The summed E-state index contributed by atoms with van der Waals surface area (Å²) in [7, 11) is 0. The van der Waals surface area contributed by atoms with E-state index >= 15 is 0 Å². The number of ether oxygens (including phenoxy) is 1. The summed E-state index contributed by atoms with van der Waals surface area (Å²) in [5, 5.41) is 4.99. The Kier molecular flexibility index (Phi) is 8.11. The number of carbonyl (C=O) groups is 3. The molecule has 0 saturated heterocycles. The first-order valence-corrected chi connectivity index (χ1v) is 8.81. The standard InChI is InChI=1S/C16H23N3O4S/c1-10-6-11(2)8-12(7-10)18-14(20)9-23-15(21)13(4-5-24-3)19-16(17)22/h6-8,13H,4-5,9H2,1-3H3,(H,18,20)(H3,17,19,22)/t13-/m0/s1. The van der Waals surface area contributed by atoms with Crippen LogP contribution in [0.25, 0.3) is 0 Å². The normalized spacial score (nSPS) is 11.5. The maximum atomic E-state index is 12.0. The minimum Gasteiger partial charge on any atom is -0.454 e. The average Bonchev–Trinajstić information content (AvgIpc) is 2.47. The molecule has 0 radical (unpaired) electrons. The molecular formula is C16H23N3O4S. The third-order valence-corrected chi connectivity index (χ3v) is 3.71. The van der Waals surface area contributed by atoms with Crippen LogP contribution in [0.5, 0.6) is 0 Å². The molecule has 1 aromatic rings. The molecular weight excluding hydrogens is 330 g/mol. The van der Waals surface area contributed by atoms with Gasteiger partial charge in [-0.15, -0.1) is 0 Å². The summed E-state index contributed by atoms with van der Waals surface area (Å²) >= 11 is 1.52. The van der Waals surface area contributed by atoms with Gasteiger partial charge in [0.2, 0.25) is 0 Å². The molecule has 0 spiro atoms. The van der Waals surface area contributed by atoms with E-state index in [1.54, 1.807) is 0 Å². The second-order valence-corrected chi connectivity index (χ2v) is 6.36. The van der Waals surface area contributed by atoms with Gasteiger partial charge in [0, 0.05) is 5.69 Å². The molecule has 1 aromatic carbocycles. The van der Waals surface area contributed by atoms with Crippen molar-refractivity contribution in [2.24, 2.45) is 5.73 Å². The lowest BCUT2D eigenvalue weighted by Gasteiger charge is -2.16. The van der Waals surface area contributed by atoms with Crippen molar-refractivity contribution < 1.29 is 19.1 Å². The van der Waals surface area contributed by atoms with E-state index in [0.29, 0.717) is 17.9 Å². The molecule has 0 unspecified atom stereocenters. The molecule has 132 valence electrons. The largest absolute Gasteiger partial charge is 0.454 e. The molecule has 0 heterocycles. The lowest BCUT2D eigenvalue weighted by molar-refractivity contribution is -0.149. The monoisotopic (exact) mass is 353 g/mol. The van der Waals surface area contributed by atoms with Gasteiger partial charge < -0.3 is 21.1 Å². The molecule has 4 N–H and O–H groups in total. The van der Waals surface area contributed by atoms with E-state index in [4.69, 9.17) is 10.5 Å². The minimum absolute atomic E-state index is 0.377. The third kappa shape index (κ3) is 7.36. The van der Waals surface area contributed by atoms with Gasteiger partial charge in [-0.1, -0.05) is 6.07 Å². The maximum Gasteiger partial charge on any atom is 0.329 e. The highest BCUT2D eigenvalue weighted by Gasteiger charge is 2.21. The van der Waals surface area contributed by atoms with Gasteiger partial charge in [-0.05, 0) is 55.5 Å². The second kappa shape index (κ2) is 9.82. The molecule has 8 heteroatoms. The van der Waals surface area contributed by atoms with E-state index in [9.17, 15) is 14.4 Å². The van der Waals surface area contributed by atoms with Gasteiger partial charge >= 0.3 is 12.0 Å². The van der Waals surface area contributed by atoms with Crippen molar-refractivity contribution in [3.8, 4) is 0 Å². The Hall–Kier alpha value is -2.22. The lowest BCUT2D eigenvalue weighted by atomic mass is 10.1. The first kappa shape index (κ1) is 19.8. The van der Waals surface area contributed by atoms with Crippen LogP contribution in [0.1, 0.15) is 17.5 Å². The number of thioether (sulfide) groups is 1. The Bertz CT molecular complexity index is 587. The smallest absolute Gasteiger partial charge is 0.329 e. The highest BCUT2D eigenvalue weighted by atomic mass is 32.2. The molecule has 3 amide bonds. The van der Waals surface area contributed by atoms with Crippen molar-refractivity contribution in [2.45, 2.75) is 26.3 Å². The van der Waals surface area contributed by atoms with Gasteiger partial charge in [0.25, 0.3) is 5.91 Å². The number of hydrogen-bond donors (Lipinski definition) is 3. The number of esters is 1. The van der Waals surface area contributed by atoms with Crippen molar-refractivity contribution in [1.82, 2.24) is 5.32 Å². The quantitative estimate of drug-likeness (QED) is 0.615. The number of carbonyl (C=O) groups excluding carboxylic acids is 3. The molecule has 0 fully saturated rings. The van der Waals surface area contributed by atoms with Crippen molar-refractivity contribution >= 4 is 35.4 Å². The lowest BCUT2D eigenvalue weighted by Crippen LogP contribution is -2.45. The summed E-state index contributed by atoms with van der Waals surface area (Å²) in [6.45, 7) is 3.42. The highest BCUT2D eigenvalue weighted by Crippen LogP contribution is 2.13. The SMILES string of the molecule is CSCC[C@H](NC(N)=O)C(=O)OCC(=O)Nc1cc(C)cc(C)c1. The van der Waals surface area contributed by atoms with Crippen LogP contribution in [-0.4, -0.2) is 42.6 Å². The van der Waals surface area contributed by atoms with E-state index in [2.05, 4.69) is 10.6 Å². The number of benzene rings is 1. The number of anilines is 1. The first-order valence-electron chi connectivity index (χ1n) is 7.41. The molecule has 1 atom stereocenters. The van der Waals surface area contributed by atoms with Gasteiger partial charge in [-0.2, -0.15) is 11.8 Å². The summed E-state index contributed by atoms with van der Waals surface area (Å²) in [6, 6.07) is 3.97. The number of hydrogen-bond acceptors (Lipinski definition) is 5. The van der Waals surface area contributed by atoms with Crippen LogP contribution in [-0.2, 0) is 14.3 Å². The van der Waals surface area contributed by atoms with Crippen molar-refractivity contribution in [3.63, 3.8) is 0 Å². The molecule has 0 bridgehead atoms. The number of primary amides is 1. The third-order valence-electron chi connectivity index (χ3n) is 3.06. The summed E-state index contributed by atoms with van der Waals surface area (Å²) in [6.07, 6.45) is 2.26. The van der Waals surface area contributed by atoms with Crippen molar-refractivity contribution in [2.75, 3.05) is 23.9 Å².